The van der Waals surface area contributed by atoms with Crippen molar-refractivity contribution in [3.05, 3.63) is 29.8 Å². The monoisotopic (exact) mass is 267 g/mol. The lowest BCUT2D eigenvalue weighted by Crippen LogP contribution is -2.78. The lowest BCUT2D eigenvalue weighted by molar-refractivity contribution is -0.899. The smallest absolute Gasteiger partial charge is 0.430 e. The van der Waals surface area contributed by atoms with Gasteiger partial charge in [-0.2, -0.15) is 13.2 Å². The zero-order valence-corrected chi connectivity index (χ0v) is 9.40. The average molecular weight is 267 g/mol. The molecule has 0 aliphatic heterocycles. The number of alkyl halides is 3. The van der Waals surface area contributed by atoms with Gasteiger partial charge in [-0.15, -0.1) is 0 Å². The molecule has 0 unspecified atom stereocenters. The Morgan fingerprint density at radius 2 is 1.83 bits per heavy atom. The predicted octanol–water partition coefficient (Wildman–Crippen LogP) is -0.554. The zero-order valence-electron chi connectivity index (χ0n) is 9.40. The number of hydrogen-bond acceptors (Lipinski definition) is 4. The second-order valence-corrected chi connectivity index (χ2v) is 3.02. The summed E-state index contributed by atoms with van der Waals surface area (Å²) in [5.74, 6) is -2.17. The zero-order chi connectivity index (χ0) is 14.2. The fourth-order valence-electron chi connectivity index (χ4n) is 0.867. The molecule has 0 heterocycles. The average Bonchev–Trinajstić information content (AvgIpc) is 2.30. The maximum absolute atomic E-state index is 10.5. The molecule has 0 fully saturated rings. The molecule has 8 heteroatoms. The Morgan fingerprint density at radius 1 is 1.39 bits per heavy atom. The number of aliphatic carboxylic acids is 1. The summed E-state index contributed by atoms with van der Waals surface area (Å²) in [6, 6.07) is 7.59. The highest BCUT2D eigenvalue weighted by Crippen LogP contribution is 2.11. The van der Waals surface area contributed by atoms with Crippen LogP contribution in [0.5, 0.6) is 5.75 Å². The largest absolute Gasteiger partial charge is 0.542 e. The molecular formula is C10H12F3NO4. The number of methoxy groups -OCH3 is 1. The molecule has 0 aromatic heterocycles. The molecule has 0 radical (unpaired) electrons. The molecule has 0 saturated carbocycles. The standard InChI is InChI=1S/C8H11NO2.C2HF3O2/c1-11-8-4-2-7(3-5-8)6-9-10;3-2(4,5)1(6)7/h2-5,9-10H,6H2,1H3;(H,6,7). The summed E-state index contributed by atoms with van der Waals surface area (Å²) in [5.41, 5.74) is 2.22. The van der Waals surface area contributed by atoms with Crippen molar-refractivity contribution in [2.75, 3.05) is 7.11 Å². The molecule has 3 N–H and O–H groups in total. The maximum atomic E-state index is 10.5. The van der Waals surface area contributed by atoms with Crippen molar-refractivity contribution in [1.82, 2.24) is 0 Å². The van der Waals surface area contributed by atoms with Gasteiger partial charge in [0, 0.05) is 5.56 Å². The van der Waals surface area contributed by atoms with E-state index in [1.165, 1.54) is 0 Å². The van der Waals surface area contributed by atoms with E-state index in [1.54, 1.807) is 7.11 Å². The summed E-state index contributed by atoms with van der Waals surface area (Å²) >= 11 is 0. The SMILES string of the molecule is COc1ccc(C[NH2+]O)cc1.O=C([O-])C(F)(F)F. The Bertz CT molecular complexity index is 364. The van der Waals surface area contributed by atoms with Gasteiger partial charge in [0.15, 0.2) is 0 Å². The maximum Gasteiger partial charge on any atom is 0.430 e. The number of carboxylic acid groups (broad SMARTS) is 1. The van der Waals surface area contributed by atoms with Crippen LogP contribution in [0.2, 0.25) is 0 Å². The molecule has 102 valence electrons. The van der Waals surface area contributed by atoms with Gasteiger partial charge in [0.25, 0.3) is 0 Å². The van der Waals surface area contributed by atoms with Crippen molar-refractivity contribution < 1.29 is 38.5 Å². The first-order valence-electron chi connectivity index (χ1n) is 4.68. The van der Waals surface area contributed by atoms with Gasteiger partial charge in [-0.05, 0) is 24.3 Å². The third-order valence-electron chi connectivity index (χ3n) is 1.72. The van der Waals surface area contributed by atoms with Crippen molar-refractivity contribution in [2.45, 2.75) is 12.7 Å². The molecule has 1 aromatic rings. The van der Waals surface area contributed by atoms with Gasteiger partial charge in [0.1, 0.15) is 18.3 Å². The Kier molecular flexibility index (Phi) is 6.76. The Balaban J connectivity index is 0.000000360. The molecular weight excluding hydrogens is 255 g/mol. The van der Waals surface area contributed by atoms with E-state index in [2.05, 4.69) is 0 Å². The number of ether oxygens (including phenoxy) is 1. The number of hydroxylamine groups is 1. The summed E-state index contributed by atoms with van der Waals surface area (Å²) in [6.45, 7) is 0.587. The first-order chi connectivity index (χ1) is 8.31. The van der Waals surface area contributed by atoms with Crippen molar-refractivity contribution in [1.29, 1.82) is 0 Å². The summed E-state index contributed by atoms with van der Waals surface area (Å²) in [7, 11) is 1.63. The molecule has 0 aliphatic rings. The number of carbonyl (C=O) groups excluding carboxylic acids is 1. The van der Waals surface area contributed by atoms with E-state index in [1.807, 2.05) is 24.3 Å². The normalized spacial score (nSPS) is 10.3. The molecule has 1 aromatic carbocycles. The van der Waals surface area contributed by atoms with Crippen LogP contribution in [0.25, 0.3) is 0 Å². The molecule has 0 amide bonds. The molecule has 0 atom stereocenters. The summed E-state index contributed by atoms with van der Waals surface area (Å²) in [4.78, 5) is 8.78. The Labute approximate surface area is 101 Å². The second kappa shape index (κ2) is 7.51. The van der Waals surface area contributed by atoms with E-state index in [4.69, 9.17) is 19.8 Å². The van der Waals surface area contributed by atoms with Crippen LogP contribution in [0.3, 0.4) is 0 Å². The molecule has 0 saturated heterocycles. The van der Waals surface area contributed by atoms with Crippen LogP contribution >= 0.6 is 0 Å². The van der Waals surface area contributed by atoms with Crippen molar-refractivity contribution >= 4 is 5.97 Å². The summed E-state index contributed by atoms with van der Waals surface area (Å²) < 4.78 is 36.5. The van der Waals surface area contributed by atoms with Crippen LogP contribution in [0, 0.1) is 0 Å². The van der Waals surface area contributed by atoms with Gasteiger partial charge in [-0.3, -0.25) is 0 Å². The van der Waals surface area contributed by atoms with Crippen LogP contribution in [-0.4, -0.2) is 24.5 Å². The third-order valence-corrected chi connectivity index (χ3v) is 1.72. The van der Waals surface area contributed by atoms with Gasteiger partial charge < -0.3 is 14.6 Å². The van der Waals surface area contributed by atoms with Crippen LogP contribution in [0.1, 0.15) is 5.56 Å². The minimum absolute atomic E-state index is 0.587. The van der Waals surface area contributed by atoms with Crippen LogP contribution in [0.15, 0.2) is 24.3 Å². The van der Waals surface area contributed by atoms with Crippen LogP contribution in [0.4, 0.5) is 13.2 Å². The number of nitrogens with two attached hydrogens (primary N) is 1. The topological polar surface area (TPSA) is 86.2 Å². The van der Waals surface area contributed by atoms with E-state index in [0.29, 0.717) is 6.54 Å². The lowest BCUT2D eigenvalue weighted by atomic mass is 10.2. The number of rotatable bonds is 3. The number of quaternary nitrogens is 1. The molecule has 18 heavy (non-hydrogen) atoms. The molecule has 0 spiro atoms. The predicted molar refractivity (Wildman–Crippen MR) is 51.5 cm³/mol. The summed E-state index contributed by atoms with van der Waals surface area (Å²) in [6.07, 6.45) is -5.19. The number of hydrogen-bond donors (Lipinski definition) is 2. The highest BCUT2D eigenvalue weighted by Gasteiger charge is 2.28. The first kappa shape index (κ1) is 16.2. The number of benzene rings is 1. The van der Waals surface area contributed by atoms with E-state index in [0.717, 1.165) is 16.8 Å². The van der Waals surface area contributed by atoms with Gasteiger partial charge >= 0.3 is 6.18 Å². The number of carboxylic acids is 1. The number of halogens is 3. The van der Waals surface area contributed by atoms with Gasteiger partial charge in [-0.1, -0.05) is 0 Å². The Morgan fingerprint density at radius 3 is 2.11 bits per heavy atom. The fraction of sp³-hybridized carbons (Fsp3) is 0.300. The molecule has 0 bridgehead atoms. The lowest BCUT2D eigenvalue weighted by Gasteiger charge is -2.03. The minimum Gasteiger partial charge on any atom is -0.542 e. The van der Waals surface area contributed by atoms with E-state index in [-0.39, 0.29) is 0 Å². The fourth-order valence-corrected chi connectivity index (χ4v) is 0.867. The first-order valence-corrected chi connectivity index (χ1v) is 4.68. The molecule has 5 nitrogen and oxygen atoms in total. The third kappa shape index (κ3) is 6.71. The van der Waals surface area contributed by atoms with Crippen molar-refractivity contribution in [3.8, 4) is 5.75 Å². The molecule has 1 rings (SSSR count). The van der Waals surface area contributed by atoms with Crippen LogP contribution in [-0.2, 0) is 11.3 Å². The van der Waals surface area contributed by atoms with Crippen molar-refractivity contribution in [2.24, 2.45) is 0 Å². The van der Waals surface area contributed by atoms with Gasteiger partial charge in [0.2, 0.25) is 0 Å². The second-order valence-electron chi connectivity index (χ2n) is 3.02. The van der Waals surface area contributed by atoms with Gasteiger partial charge in [0.05, 0.1) is 7.11 Å². The Hall–Kier alpha value is -1.80. The summed E-state index contributed by atoms with van der Waals surface area (Å²) in [5, 5.41) is 17.3. The molecule has 0 aliphatic carbocycles. The minimum atomic E-state index is -5.19. The van der Waals surface area contributed by atoms with E-state index < -0.39 is 12.1 Å². The highest BCUT2D eigenvalue weighted by molar-refractivity contribution is 5.70. The van der Waals surface area contributed by atoms with E-state index in [9.17, 15) is 13.2 Å². The number of carbonyl (C=O) groups is 1. The van der Waals surface area contributed by atoms with Gasteiger partial charge in [-0.25, -0.2) is 10.7 Å². The highest BCUT2D eigenvalue weighted by atomic mass is 19.4. The van der Waals surface area contributed by atoms with Crippen LogP contribution < -0.4 is 15.3 Å². The van der Waals surface area contributed by atoms with E-state index >= 15 is 0 Å². The van der Waals surface area contributed by atoms with Crippen molar-refractivity contribution in [3.63, 3.8) is 0 Å². The quantitative estimate of drug-likeness (QED) is 0.719.